The van der Waals surface area contributed by atoms with E-state index in [1.807, 2.05) is 18.2 Å². The Bertz CT molecular complexity index is 879. The average Bonchev–Trinajstić information content (AvgIpc) is 2.71. The summed E-state index contributed by atoms with van der Waals surface area (Å²) in [6.07, 6.45) is 2.16. The molecule has 0 heterocycles. The second-order valence-electron chi connectivity index (χ2n) is 7.34. The lowest BCUT2D eigenvalue weighted by atomic mass is 10.1. The minimum absolute atomic E-state index is 0.406. The van der Waals surface area contributed by atoms with E-state index in [0.717, 1.165) is 35.7 Å². The maximum Gasteiger partial charge on any atom is 0.124 e. The highest BCUT2D eigenvalue weighted by atomic mass is 35.5. The van der Waals surface area contributed by atoms with Crippen LogP contribution >= 0.6 is 11.6 Å². The van der Waals surface area contributed by atoms with Crippen molar-refractivity contribution < 1.29 is 4.74 Å². The van der Waals surface area contributed by atoms with Crippen LogP contribution in [0.25, 0.3) is 0 Å². The van der Waals surface area contributed by atoms with Crippen molar-refractivity contribution in [3.05, 3.63) is 100 Å². The van der Waals surface area contributed by atoms with Gasteiger partial charge in [-0.3, -0.25) is 0 Å². The number of hydrogen-bond acceptors (Lipinski definition) is 2. The van der Waals surface area contributed by atoms with Gasteiger partial charge in [-0.1, -0.05) is 71.8 Å². The summed E-state index contributed by atoms with van der Waals surface area (Å²) >= 11 is 6.23. The molecule has 1 unspecified atom stereocenters. The second-order valence-corrected chi connectivity index (χ2v) is 7.77. The number of nitrogens with one attached hydrogen (secondary N) is 1. The van der Waals surface area contributed by atoms with Gasteiger partial charge in [-0.05, 0) is 56.0 Å². The smallest absolute Gasteiger partial charge is 0.124 e. The molecule has 0 aromatic heterocycles. The Labute approximate surface area is 173 Å². The van der Waals surface area contributed by atoms with E-state index in [1.165, 1.54) is 16.7 Å². The highest BCUT2D eigenvalue weighted by molar-refractivity contribution is 6.30. The fourth-order valence-electron chi connectivity index (χ4n) is 3.20. The van der Waals surface area contributed by atoms with E-state index < -0.39 is 0 Å². The fraction of sp³-hybridized carbons (Fsp3) is 0.280. The topological polar surface area (TPSA) is 21.3 Å². The molecule has 146 valence electrons. The Kier molecular flexibility index (Phi) is 7.53. The SMILES string of the molecule is Cc1cccc(COc2ccc(Cl)cc2CNC(C)CCc2ccccc2)c1. The van der Waals surface area contributed by atoms with E-state index >= 15 is 0 Å². The zero-order chi connectivity index (χ0) is 19.8. The first-order valence-corrected chi connectivity index (χ1v) is 10.2. The van der Waals surface area contributed by atoms with Crippen molar-refractivity contribution in [2.75, 3.05) is 0 Å². The number of benzene rings is 3. The monoisotopic (exact) mass is 393 g/mol. The van der Waals surface area contributed by atoms with Crippen molar-refractivity contribution in [2.24, 2.45) is 0 Å². The van der Waals surface area contributed by atoms with Gasteiger partial charge in [-0.25, -0.2) is 0 Å². The summed E-state index contributed by atoms with van der Waals surface area (Å²) in [6, 6.07) is 25.3. The molecule has 0 aliphatic heterocycles. The summed E-state index contributed by atoms with van der Waals surface area (Å²) in [4.78, 5) is 0. The normalized spacial score (nSPS) is 12.0. The van der Waals surface area contributed by atoms with Crippen LogP contribution in [-0.2, 0) is 19.6 Å². The van der Waals surface area contributed by atoms with Crippen LogP contribution in [0.15, 0.2) is 72.8 Å². The van der Waals surface area contributed by atoms with Gasteiger partial charge in [-0.2, -0.15) is 0 Å². The average molecular weight is 394 g/mol. The lowest BCUT2D eigenvalue weighted by molar-refractivity contribution is 0.301. The van der Waals surface area contributed by atoms with Crippen molar-refractivity contribution in [3.8, 4) is 5.75 Å². The van der Waals surface area contributed by atoms with Gasteiger partial charge in [0.25, 0.3) is 0 Å². The molecule has 0 aliphatic rings. The Morgan fingerprint density at radius 3 is 2.50 bits per heavy atom. The predicted molar refractivity (Wildman–Crippen MR) is 118 cm³/mol. The first-order valence-electron chi connectivity index (χ1n) is 9.84. The van der Waals surface area contributed by atoms with Gasteiger partial charge in [0.15, 0.2) is 0 Å². The van der Waals surface area contributed by atoms with Crippen molar-refractivity contribution in [3.63, 3.8) is 0 Å². The van der Waals surface area contributed by atoms with Gasteiger partial charge < -0.3 is 10.1 Å². The summed E-state index contributed by atoms with van der Waals surface area (Å²) in [6.45, 7) is 5.61. The molecule has 28 heavy (non-hydrogen) atoms. The molecule has 3 aromatic carbocycles. The summed E-state index contributed by atoms with van der Waals surface area (Å²) < 4.78 is 6.10. The summed E-state index contributed by atoms with van der Waals surface area (Å²) in [5.41, 5.74) is 4.88. The Morgan fingerprint density at radius 2 is 1.71 bits per heavy atom. The zero-order valence-electron chi connectivity index (χ0n) is 16.6. The number of hydrogen-bond donors (Lipinski definition) is 1. The van der Waals surface area contributed by atoms with Gasteiger partial charge in [0.05, 0.1) is 0 Å². The molecule has 1 N–H and O–H groups in total. The standard InChI is InChI=1S/C25H28ClNO/c1-19-7-6-10-22(15-19)18-28-25-14-13-24(26)16-23(25)17-27-20(2)11-12-21-8-4-3-5-9-21/h3-10,13-16,20,27H,11-12,17-18H2,1-2H3. The number of halogens is 1. The van der Waals surface area contributed by atoms with Gasteiger partial charge >= 0.3 is 0 Å². The first kappa shape index (κ1) is 20.4. The Morgan fingerprint density at radius 1 is 0.929 bits per heavy atom. The lowest BCUT2D eigenvalue weighted by Gasteiger charge is -2.17. The van der Waals surface area contributed by atoms with E-state index in [1.54, 1.807) is 0 Å². The molecular weight excluding hydrogens is 366 g/mol. The summed E-state index contributed by atoms with van der Waals surface area (Å²) in [5.74, 6) is 0.883. The second kappa shape index (κ2) is 10.3. The summed E-state index contributed by atoms with van der Waals surface area (Å²) in [7, 11) is 0. The van der Waals surface area contributed by atoms with Gasteiger partial charge in [-0.15, -0.1) is 0 Å². The molecule has 0 saturated carbocycles. The van der Waals surface area contributed by atoms with Crippen LogP contribution < -0.4 is 10.1 Å². The highest BCUT2D eigenvalue weighted by Gasteiger charge is 2.08. The Balaban J connectivity index is 1.56. The van der Waals surface area contributed by atoms with Gasteiger partial charge in [0.2, 0.25) is 0 Å². The summed E-state index contributed by atoms with van der Waals surface area (Å²) in [5, 5.41) is 4.34. The molecule has 0 aliphatic carbocycles. The van der Waals surface area contributed by atoms with Gasteiger partial charge in [0.1, 0.15) is 12.4 Å². The minimum Gasteiger partial charge on any atom is -0.489 e. The highest BCUT2D eigenvalue weighted by Crippen LogP contribution is 2.24. The largest absolute Gasteiger partial charge is 0.489 e. The van der Waals surface area contributed by atoms with E-state index in [2.05, 4.69) is 73.8 Å². The molecule has 0 amide bonds. The van der Waals surface area contributed by atoms with Crippen LogP contribution in [0, 0.1) is 6.92 Å². The van der Waals surface area contributed by atoms with Crippen molar-refractivity contribution in [2.45, 2.75) is 45.9 Å². The molecule has 0 bridgehead atoms. The van der Waals surface area contributed by atoms with Crippen LogP contribution in [0.2, 0.25) is 5.02 Å². The maximum absolute atomic E-state index is 6.23. The molecular formula is C25H28ClNO. The Hall–Kier alpha value is -2.29. The number of ether oxygens (including phenoxy) is 1. The third-order valence-electron chi connectivity index (χ3n) is 4.85. The fourth-order valence-corrected chi connectivity index (χ4v) is 3.40. The van der Waals surface area contributed by atoms with Crippen molar-refractivity contribution in [1.82, 2.24) is 5.32 Å². The third kappa shape index (κ3) is 6.40. The number of aryl methyl sites for hydroxylation is 2. The molecule has 0 spiro atoms. The van der Waals surface area contributed by atoms with Crippen LogP contribution in [0.3, 0.4) is 0 Å². The minimum atomic E-state index is 0.406. The lowest BCUT2D eigenvalue weighted by Crippen LogP contribution is -2.26. The van der Waals surface area contributed by atoms with Crippen molar-refractivity contribution in [1.29, 1.82) is 0 Å². The molecule has 1 atom stereocenters. The van der Waals surface area contributed by atoms with Crippen molar-refractivity contribution >= 4 is 11.6 Å². The van der Waals surface area contributed by atoms with Crippen LogP contribution in [0.5, 0.6) is 5.75 Å². The molecule has 3 rings (SSSR count). The quantitative estimate of drug-likeness (QED) is 0.458. The molecule has 0 radical (unpaired) electrons. The van der Waals surface area contributed by atoms with E-state index in [4.69, 9.17) is 16.3 Å². The maximum atomic E-state index is 6.23. The zero-order valence-corrected chi connectivity index (χ0v) is 17.4. The molecule has 2 nitrogen and oxygen atoms in total. The van der Waals surface area contributed by atoms with Crippen LogP contribution in [0.4, 0.5) is 0 Å². The first-order chi connectivity index (χ1) is 13.6. The molecule has 0 fully saturated rings. The van der Waals surface area contributed by atoms with E-state index in [-0.39, 0.29) is 0 Å². The number of rotatable bonds is 9. The third-order valence-corrected chi connectivity index (χ3v) is 5.08. The van der Waals surface area contributed by atoms with Crippen LogP contribution in [-0.4, -0.2) is 6.04 Å². The van der Waals surface area contributed by atoms with E-state index in [9.17, 15) is 0 Å². The predicted octanol–water partition coefficient (Wildman–Crippen LogP) is 6.34. The van der Waals surface area contributed by atoms with Crippen LogP contribution in [0.1, 0.15) is 35.6 Å². The van der Waals surface area contributed by atoms with Gasteiger partial charge in [0, 0.05) is 23.2 Å². The molecule has 3 heteroatoms. The van der Waals surface area contributed by atoms with E-state index in [0.29, 0.717) is 12.6 Å². The molecule has 3 aromatic rings. The molecule has 0 saturated heterocycles.